The largest absolute Gasteiger partial charge is 0.478 e. The van der Waals surface area contributed by atoms with E-state index >= 15 is 0 Å². The monoisotopic (exact) mass is 356 g/mol. The highest BCUT2D eigenvalue weighted by atomic mass is 35.5. The first-order valence-corrected chi connectivity index (χ1v) is 8.09. The maximum Gasteiger partial charge on any atom is 0.338 e. The summed E-state index contributed by atoms with van der Waals surface area (Å²) in [6.45, 7) is 0.300. The molecule has 0 atom stereocenters. The van der Waals surface area contributed by atoms with Gasteiger partial charge in [-0.2, -0.15) is 0 Å². The van der Waals surface area contributed by atoms with Gasteiger partial charge in [0.1, 0.15) is 0 Å². The van der Waals surface area contributed by atoms with Gasteiger partial charge in [0.25, 0.3) is 5.56 Å². The van der Waals surface area contributed by atoms with E-state index in [2.05, 4.69) is 0 Å². The van der Waals surface area contributed by atoms with Gasteiger partial charge in [-0.05, 0) is 32.3 Å². The Labute approximate surface area is 149 Å². The topological polar surface area (TPSA) is 62.5 Å². The van der Waals surface area contributed by atoms with Gasteiger partial charge in [0.15, 0.2) is 0 Å². The number of benzene rings is 2. The van der Waals surface area contributed by atoms with Crippen LogP contribution < -0.4 is 5.56 Å². The van der Waals surface area contributed by atoms with Gasteiger partial charge in [-0.25, -0.2) is 4.79 Å². The number of aromatic nitrogens is 1. The summed E-state index contributed by atoms with van der Waals surface area (Å²) in [5.74, 6) is -1.09. The molecule has 0 unspecified atom stereocenters. The highest BCUT2D eigenvalue weighted by Crippen LogP contribution is 2.27. The van der Waals surface area contributed by atoms with E-state index in [4.69, 9.17) is 11.6 Å². The predicted molar refractivity (Wildman–Crippen MR) is 98.9 cm³/mol. The molecule has 0 saturated heterocycles. The minimum Gasteiger partial charge on any atom is -0.478 e. The number of nitrogens with zero attached hydrogens (tertiary/aromatic N) is 2. The van der Waals surface area contributed by atoms with Crippen LogP contribution >= 0.6 is 11.6 Å². The van der Waals surface area contributed by atoms with Crippen LogP contribution in [0.3, 0.4) is 0 Å². The van der Waals surface area contributed by atoms with Crippen LogP contribution in [-0.2, 0) is 6.54 Å². The number of carboxylic acids is 1. The normalized spacial score (nSPS) is 11.2. The molecule has 0 fully saturated rings. The summed E-state index contributed by atoms with van der Waals surface area (Å²) in [4.78, 5) is 27.1. The van der Waals surface area contributed by atoms with Gasteiger partial charge in [0.05, 0.1) is 21.7 Å². The summed E-state index contributed by atoms with van der Waals surface area (Å²) >= 11 is 6.24. The van der Waals surface area contributed by atoms with Gasteiger partial charge in [-0.1, -0.05) is 41.9 Å². The third-order valence-corrected chi connectivity index (χ3v) is 4.27. The molecule has 0 aliphatic heterocycles. The van der Waals surface area contributed by atoms with Crippen LogP contribution in [0.4, 0.5) is 0 Å². The van der Waals surface area contributed by atoms with Crippen molar-refractivity contribution in [2.24, 2.45) is 0 Å². The van der Waals surface area contributed by atoms with Crippen LogP contribution in [0.1, 0.15) is 16.1 Å². The Morgan fingerprint density at radius 2 is 1.80 bits per heavy atom. The third kappa shape index (κ3) is 3.04. The number of para-hydroxylation sites is 1. The lowest BCUT2D eigenvalue weighted by molar-refractivity contribution is 0.0696. The minimum absolute atomic E-state index is 0.0923. The molecule has 128 valence electrons. The van der Waals surface area contributed by atoms with E-state index in [0.29, 0.717) is 23.3 Å². The van der Waals surface area contributed by atoms with Gasteiger partial charge < -0.3 is 10.0 Å². The number of carboxylic acid groups (broad SMARTS) is 1. The highest BCUT2D eigenvalue weighted by Gasteiger charge is 2.23. The Hall–Kier alpha value is -2.63. The lowest BCUT2D eigenvalue weighted by atomic mass is 10.0. The fraction of sp³-hybridized carbons (Fsp3) is 0.158. The first kappa shape index (κ1) is 17.2. The van der Waals surface area contributed by atoms with Crippen molar-refractivity contribution >= 4 is 28.3 Å². The van der Waals surface area contributed by atoms with E-state index in [-0.39, 0.29) is 21.5 Å². The molecule has 2 aromatic carbocycles. The summed E-state index contributed by atoms with van der Waals surface area (Å²) in [6.07, 6.45) is 0. The van der Waals surface area contributed by atoms with Gasteiger partial charge >= 0.3 is 5.97 Å². The number of pyridine rings is 1. The lowest BCUT2D eigenvalue weighted by Gasteiger charge is -2.21. The Kier molecular flexibility index (Phi) is 4.61. The Morgan fingerprint density at radius 3 is 2.40 bits per heavy atom. The molecule has 0 aliphatic carbocycles. The summed E-state index contributed by atoms with van der Waals surface area (Å²) < 4.78 is 1.44. The van der Waals surface area contributed by atoms with Crippen molar-refractivity contribution in [3.05, 3.63) is 75.2 Å². The Balaban J connectivity index is 2.56. The number of aromatic carboxylic acids is 1. The fourth-order valence-electron chi connectivity index (χ4n) is 2.99. The van der Waals surface area contributed by atoms with Crippen molar-refractivity contribution < 1.29 is 9.90 Å². The van der Waals surface area contributed by atoms with E-state index in [1.54, 1.807) is 42.5 Å². The molecule has 0 saturated carbocycles. The van der Waals surface area contributed by atoms with E-state index in [0.717, 1.165) is 0 Å². The molecular formula is C19H17ClN2O3. The zero-order chi connectivity index (χ0) is 18.1. The van der Waals surface area contributed by atoms with Gasteiger partial charge in [-0.3, -0.25) is 9.36 Å². The van der Waals surface area contributed by atoms with Crippen LogP contribution in [-0.4, -0.2) is 34.6 Å². The van der Waals surface area contributed by atoms with E-state index in [1.807, 2.05) is 25.1 Å². The van der Waals surface area contributed by atoms with Crippen molar-refractivity contribution in [3.63, 3.8) is 0 Å². The number of fused-ring (bicyclic) bond motifs is 1. The van der Waals surface area contributed by atoms with Crippen LogP contribution in [0, 0.1) is 0 Å². The van der Waals surface area contributed by atoms with Crippen LogP contribution in [0.25, 0.3) is 16.5 Å². The molecule has 25 heavy (non-hydrogen) atoms. The van der Waals surface area contributed by atoms with Crippen molar-refractivity contribution in [1.82, 2.24) is 9.47 Å². The first-order valence-electron chi connectivity index (χ1n) is 7.71. The molecule has 0 radical (unpaired) electrons. The molecule has 0 bridgehead atoms. The van der Waals surface area contributed by atoms with Crippen molar-refractivity contribution in [2.75, 3.05) is 14.1 Å². The molecule has 0 spiro atoms. The summed E-state index contributed by atoms with van der Waals surface area (Å²) in [7, 11) is 3.65. The zero-order valence-electron chi connectivity index (χ0n) is 13.9. The second-order valence-electron chi connectivity index (χ2n) is 6.00. The van der Waals surface area contributed by atoms with Gasteiger partial charge in [0, 0.05) is 17.6 Å². The number of hydrogen-bond donors (Lipinski definition) is 1. The van der Waals surface area contributed by atoms with Gasteiger partial charge in [0.2, 0.25) is 0 Å². The molecule has 1 aromatic heterocycles. The van der Waals surface area contributed by atoms with Gasteiger partial charge in [-0.15, -0.1) is 0 Å². The Bertz CT molecular complexity index is 1010. The minimum atomic E-state index is -1.09. The smallest absolute Gasteiger partial charge is 0.338 e. The molecular weight excluding hydrogens is 340 g/mol. The molecule has 0 amide bonds. The lowest BCUT2D eigenvalue weighted by Crippen LogP contribution is -2.29. The maximum absolute atomic E-state index is 13.2. The number of hydrogen-bond acceptors (Lipinski definition) is 3. The third-order valence-electron chi connectivity index (χ3n) is 3.95. The predicted octanol–water partition coefficient (Wildman–Crippen LogP) is 3.40. The standard InChI is InChI=1S/C19H17ClN2O3/c1-21(2)11-15-17(19(24)25)13-9-6-10-14(20)16(13)18(23)22(15)12-7-4-3-5-8-12/h3-10H,11H2,1-2H3,(H,24,25). The summed E-state index contributed by atoms with van der Waals surface area (Å²) in [5.41, 5.74) is 0.792. The molecule has 6 heteroatoms. The molecule has 1 heterocycles. The maximum atomic E-state index is 13.2. The van der Waals surface area contributed by atoms with Crippen molar-refractivity contribution in [2.45, 2.75) is 6.54 Å². The molecule has 3 aromatic rings. The van der Waals surface area contributed by atoms with Crippen LogP contribution in [0.5, 0.6) is 0 Å². The zero-order valence-corrected chi connectivity index (χ0v) is 14.6. The SMILES string of the molecule is CN(C)Cc1c(C(=O)O)c2cccc(Cl)c2c(=O)n1-c1ccccc1. The number of rotatable bonds is 4. The molecule has 3 rings (SSSR count). The second-order valence-corrected chi connectivity index (χ2v) is 6.41. The average molecular weight is 357 g/mol. The summed E-state index contributed by atoms with van der Waals surface area (Å²) in [5, 5.41) is 10.7. The fourth-order valence-corrected chi connectivity index (χ4v) is 3.24. The highest BCUT2D eigenvalue weighted by molar-refractivity contribution is 6.35. The van der Waals surface area contributed by atoms with Crippen molar-refractivity contribution in [3.8, 4) is 5.69 Å². The Morgan fingerprint density at radius 1 is 1.12 bits per heavy atom. The van der Waals surface area contributed by atoms with Crippen molar-refractivity contribution in [1.29, 1.82) is 0 Å². The van der Waals surface area contributed by atoms with Crippen LogP contribution in [0.15, 0.2) is 53.3 Å². The van der Waals surface area contributed by atoms with E-state index in [1.165, 1.54) is 4.57 Å². The number of carbonyl (C=O) groups is 1. The molecule has 0 aliphatic rings. The average Bonchev–Trinajstić information content (AvgIpc) is 2.55. The second kappa shape index (κ2) is 6.70. The number of halogens is 1. The van der Waals surface area contributed by atoms with E-state index in [9.17, 15) is 14.7 Å². The van der Waals surface area contributed by atoms with E-state index < -0.39 is 5.97 Å². The van der Waals surface area contributed by atoms with Crippen LogP contribution in [0.2, 0.25) is 5.02 Å². The first-order chi connectivity index (χ1) is 11.9. The quantitative estimate of drug-likeness (QED) is 0.778. The summed E-state index contributed by atoms with van der Waals surface area (Å²) in [6, 6.07) is 13.9. The molecule has 1 N–H and O–H groups in total. The molecule has 5 nitrogen and oxygen atoms in total.